The van der Waals surface area contributed by atoms with E-state index in [4.69, 9.17) is 0 Å². The van der Waals surface area contributed by atoms with E-state index >= 15 is 0 Å². The average molecular weight is 260 g/mol. The fourth-order valence-electron chi connectivity index (χ4n) is 2.30. The largest absolute Gasteiger partial charge is 0.401 e. The Bertz CT molecular complexity index is 479. The molecule has 1 aliphatic rings. The minimum Gasteiger partial charge on any atom is -0.311 e. The van der Waals surface area contributed by atoms with Crippen molar-refractivity contribution in [2.24, 2.45) is 0 Å². The molecule has 6 heteroatoms. The van der Waals surface area contributed by atoms with Crippen molar-refractivity contribution in [3.8, 4) is 0 Å². The Labute approximate surface area is 103 Å². The number of halogens is 3. The van der Waals surface area contributed by atoms with Gasteiger partial charge in [0.25, 0.3) is 5.56 Å². The summed E-state index contributed by atoms with van der Waals surface area (Å²) >= 11 is 0. The van der Waals surface area contributed by atoms with E-state index in [1.54, 1.807) is 4.57 Å². The molecule has 0 unspecified atom stereocenters. The van der Waals surface area contributed by atoms with Gasteiger partial charge in [-0.3, -0.25) is 4.79 Å². The number of nitrogens with one attached hydrogen (secondary N) is 1. The van der Waals surface area contributed by atoms with Gasteiger partial charge in [0.05, 0.1) is 6.54 Å². The van der Waals surface area contributed by atoms with Crippen molar-refractivity contribution >= 4 is 0 Å². The van der Waals surface area contributed by atoms with Crippen LogP contribution in [0.3, 0.4) is 0 Å². The van der Waals surface area contributed by atoms with E-state index in [0.717, 1.165) is 30.5 Å². The highest BCUT2D eigenvalue weighted by Crippen LogP contribution is 2.19. The van der Waals surface area contributed by atoms with Crippen LogP contribution in [0.25, 0.3) is 0 Å². The van der Waals surface area contributed by atoms with Crippen LogP contribution in [0.5, 0.6) is 0 Å². The summed E-state index contributed by atoms with van der Waals surface area (Å²) in [6.45, 7) is -0.579. The fourth-order valence-corrected chi connectivity index (χ4v) is 2.30. The molecule has 1 aromatic rings. The van der Waals surface area contributed by atoms with Crippen molar-refractivity contribution in [2.45, 2.75) is 32.0 Å². The number of aryl methyl sites for hydroxylation is 1. The number of hydrogen-bond acceptors (Lipinski definition) is 2. The first-order valence-corrected chi connectivity index (χ1v) is 5.96. The van der Waals surface area contributed by atoms with Crippen LogP contribution < -0.4 is 10.9 Å². The predicted molar refractivity (Wildman–Crippen MR) is 61.7 cm³/mol. The maximum atomic E-state index is 11.9. The number of nitrogens with zero attached hydrogens (tertiary/aromatic N) is 1. The molecule has 0 amide bonds. The summed E-state index contributed by atoms with van der Waals surface area (Å²) in [4.78, 5) is 11.7. The van der Waals surface area contributed by atoms with E-state index in [0.29, 0.717) is 0 Å². The molecule has 0 saturated carbocycles. The number of hydrogen-bond donors (Lipinski definition) is 1. The first kappa shape index (κ1) is 13.1. The standard InChI is InChI=1S/C12H15F3N2O/c13-12(14,15)8-16-6-7-17-10-3-1-2-9(10)4-5-11(17)18/h4-5,16H,1-3,6-8H2. The summed E-state index contributed by atoms with van der Waals surface area (Å²) in [6, 6.07) is 3.32. The molecule has 0 bridgehead atoms. The predicted octanol–water partition coefficient (Wildman–Crippen LogP) is 1.49. The van der Waals surface area contributed by atoms with E-state index in [-0.39, 0.29) is 18.6 Å². The topological polar surface area (TPSA) is 34.0 Å². The number of aromatic nitrogens is 1. The number of alkyl halides is 3. The van der Waals surface area contributed by atoms with Crippen LogP contribution in [0.15, 0.2) is 16.9 Å². The van der Waals surface area contributed by atoms with Crippen molar-refractivity contribution in [1.82, 2.24) is 9.88 Å². The Morgan fingerprint density at radius 1 is 1.28 bits per heavy atom. The lowest BCUT2D eigenvalue weighted by Crippen LogP contribution is -2.34. The molecule has 100 valence electrons. The van der Waals surface area contributed by atoms with Gasteiger partial charge in [-0.2, -0.15) is 13.2 Å². The van der Waals surface area contributed by atoms with Gasteiger partial charge in [-0.1, -0.05) is 6.07 Å². The van der Waals surface area contributed by atoms with Gasteiger partial charge in [0.15, 0.2) is 0 Å². The molecule has 1 aromatic heterocycles. The summed E-state index contributed by atoms with van der Waals surface area (Å²) in [6.07, 6.45) is -1.41. The molecule has 3 nitrogen and oxygen atoms in total. The van der Waals surface area contributed by atoms with Gasteiger partial charge >= 0.3 is 6.18 Å². The SMILES string of the molecule is O=c1ccc2c(n1CCNCC(F)(F)F)CCC2. The summed E-state index contributed by atoms with van der Waals surface area (Å²) in [5.41, 5.74) is 1.99. The average Bonchev–Trinajstić information content (AvgIpc) is 2.73. The zero-order chi connectivity index (χ0) is 13.2. The van der Waals surface area contributed by atoms with E-state index < -0.39 is 12.7 Å². The summed E-state index contributed by atoms with van der Waals surface area (Å²) in [5.74, 6) is 0. The Balaban J connectivity index is 1.98. The van der Waals surface area contributed by atoms with Gasteiger partial charge in [-0.25, -0.2) is 0 Å². The van der Waals surface area contributed by atoms with Crippen LogP contribution in [0.2, 0.25) is 0 Å². The summed E-state index contributed by atoms with van der Waals surface area (Å²) in [7, 11) is 0. The Morgan fingerprint density at radius 3 is 2.78 bits per heavy atom. The maximum absolute atomic E-state index is 11.9. The molecule has 0 atom stereocenters. The van der Waals surface area contributed by atoms with Crippen molar-refractivity contribution < 1.29 is 13.2 Å². The second-order valence-corrected chi connectivity index (χ2v) is 4.44. The van der Waals surface area contributed by atoms with E-state index in [1.807, 2.05) is 6.07 Å². The highest BCUT2D eigenvalue weighted by molar-refractivity contribution is 5.25. The second kappa shape index (κ2) is 5.14. The van der Waals surface area contributed by atoms with Gasteiger partial charge in [0.1, 0.15) is 0 Å². The minimum absolute atomic E-state index is 0.135. The molecule has 0 radical (unpaired) electrons. The molecular formula is C12H15F3N2O. The molecule has 0 spiro atoms. The number of pyridine rings is 1. The van der Waals surface area contributed by atoms with Crippen LogP contribution >= 0.6 is 0 Å². The number of fused-ring (bicyclic) bond motifs is 1. The Hall–Kier alpha value is -1.30. The maximum Gasteiger partial charge on any atom is 0.401 e. The first-order valence-electron chi connectivity index (χ1n) is 5.96. The van der Waals surface area contributed by atoms with Crippen molar-refractivity contribution in [2.75, 3.05) is 13.1 Å². The lowest BCUT2D eigenvalue weighted by Gasteiger charge is -2.13. The summed E-state index contributed by atoms with van der Waals surface area (Å²) in [5, 5.41) is 2.31. The highest BCUT2D eigenvalue weighted by atomic mass is 19.4. The highest BCUT2D eigenvalue weighted by Gasteiger charge is 2.26. The molecule has 2 rings (SSSR count). The van der Waals surface area contributed by atoms with Crippen LogP contribution in [-0.2, 0) is 19.4 Å². The molecule has 0 fully saturated rings. The van der Waals surface area contributed by atoms with Crippen LogP contribution in [0, 0.1) is 0 Å². The van der Waals surface area contributed by atoms with Crippen LogP contribution in [-0.4, -0.2) is 23.8 Å². The second-order valence-electron chi connectivity index (χ2n) is 4.44. The molecule has 0 saturated heterocycles. The van der Waals surface area contributed by atoms with Crippen molar-refractivity contribution in [3.63, 3.8) is 0 Å². The lowest BCUT2D eigenvalue weighted by atomic mass is 10.2. The van der Waals surface area contributed by atoms with Gasteiger partial charge in [-0.15, -0.1) is 0 Å². The minimum atomic E-state index is -4.20. The molecule has 1 N–H and O–H groups in total. The van der Waals surface area contributed by atoms with Gasteiger partial charge in [-0.05, 0) is 24.8 Å². The molecule has 0 aromatic carbocycles. The van der Waals surface area contributed by atoms with Crippen LogP contribution in [0.1, 0.15) is 17.7 Å². The molecule has 0 aliphatic heterocycles. The zero-order valence-corrected chi connectivity index (χ0v) is 9.89. The third kappa shape index (κ3) is 3.13. The third-order valence-corrected chi connectivity index (χ3v) is 3.09. The lowest BCUT2D eigenvalue weighted by molar-refractivity contribution is -0.124. The van der Waals surface area contributed by atoms with E-state index in [9.17, 15) is 18.0 Å². The first-order chi connectivity index (χ1) is 8.47. The molecule has 1 heterocycles. The van der Waals surface area contributed by atoms with Crippen molar-refractivity contribution in [3.05, 3.63) is 33.7 Å². The molecule has 18 heavy (non-hydrogen) atoms. The zero-order valence-electron chi connectivity index (χ0n) is 9.89. The van der Waals surface area contributed by atoms with Crippen LogP contribution in [0.4, 0.5) is 13.2 Å². The normalized spacial score (nSPS) is 14.8. The number of rotatable bonds is 4. The van der Waals surface area contributed by atoms with Gasteiger partial charge < -0.3 is 9.88 Å². The monoisotopic (exact) mass is 260 g/mol. The molecular weight excluding hydrogens is 245 g/mol. The quantitative estimate of drug-likeness (QED) is 0.832. The summed E-state index contributed by atoms with van der Waals surface area (Å²) < 4.78 is 37.4. The van der Waals surface area contributed by atoms with Gasteiger partial charge in [0.2, 0.25) is 0 Å². The molecule has 1 aliphatic carbocycles. The van der Waals surface area contributed by atoms with Gasteiger partial charge in [0, 0.05) is 24.8 Å². The Morgan fingerprint density at radius 2 is 2.06 bits per heavy atom. The van der Waals surface area contributed by atoms with Crippen molar-refractivity contribution in [1.29, 1.82) is 0 Å². The fraction of sp³-hybridized carbons (Fsp3) is 0.583. The van der Waals surface area contributed by atoms with E-state index in [1.165, 1.54) is 6.07 Å². The smallest absolute Gasteiger partial charge is 0.311 e. The Kier molecular flexibility index (Phi) is 3.75. The third-order valence-electron chi connectivity index (χ3n) is 3.09. The van der Waals surface area contributed by atoms with E-state index in [2.05, 4.69) is 5.32 Å².